The molecule has 3 rings (SSSR count). The number of piperidine rings is 1. The molecule has 0 saturated carbocycles. The maximum atomic E-state index is 12.7. The van der Waals surface area contributed by atoms with Gasteiger partial charge in [0.25, 0.3) is 0 Å². The molecule has 2 aliphatic rings. The van der Waals surface area contributed by atoms with Crippen LogP contribution >= 0.6 is 23.5 Å². The molecule has 1 aromatic rings. The van der Waals surface area contributed by atoms with E-state index < -0.39 is 4.87 Å². The first-order valence-electron chi connectivity index (χ1n) is 8.61. The van der Waals surface area contributed by atoms with Crippen molar-refractivity contribution in [3.05, 3.63) is 24.3 Å². The van der Waals surface area contributed by atoms with Gasteiger partial charge in [-0.3, -0.25) is 4.79 Å². The van der Waals surface area contributed by atoms with Gasteiger partial charge in [-0.05, 0) is 31.9 Å². The molecular formula is C18H26N2O2S2. The highest BCUT2D eigenvalue weighted by atomic mass is 32.2. The smallest absolute Gasteiger partial charge is 0.162 e. The lowest BCUT2D eigenvalue weighted by atomic mass is 10.1. The quantitative estimate of drug-likeness (QED) is 0.717. The third-order valence-electron chi connectivity index (χ3n) is 4.78. The van der Waals surface area contributed by atoms with Gasteiger partial charge >= 0.3 is 0 Å². The third kappa shape index (κ3) is 3.62. The van der Waals surface area contributed by atoms with Gasteiger partial charge in [0.2, 0.25) is 0 Å². The van der Waals surface area contributed by atoms with Crippen molar-refractivity contribution >= 4 is 29.3 Å². The van der Waals surface area contributed by atoms with Crippen LogP contribution in [-0.2, 0) is 4.79 Å². The minimum absolute atomic E-state index is 0.262. The van der Waals surface area contributed by atoms with Crippen molar-refractivity contribution in [2.45, 2.75) is 36.0 Å². The Balaban J connectivity index is 1.78. The second-order valence-electron chi connectivity index (χ2n) is 6.27. The predicted molar refractivity (Wildman–Crippen MR) is 102 cm³/mol. The number of benzene rings is 1. The maximum absolute atomic E-state index is 12.7. The van der Waals surface area contributed by atoms with Crippen LogP contribution in [0, 0.1) is 0 Å². The Morgan fingerprint density at radius 3 is 2.71 bits per heavy atom. The zero-order valence-corrected chi connectivity index (χ0v) is 16.1. The van der Waals surface area contributed by atoms with Gasteiger partial charge in [0.15, 0.2) is 5.78 Å². The van der Waals surface area contributed by atoms with E-state index in [9.17, 15) is 4.79 Å². The summed E-state index contributed by atoms with van der Waals surface area (Å²) < 4.78 is 5.46. The molecule has 132 valence electrons. The first-order chi connectivity index (χ1) is 11.7. The van der Waals surface area contributed by atoms with Crippen molar-refractivity contribution < 1.29 is 9.53 Å². The molecule has 0 amide bonds. The van der Waals surface area contributed by atoms with E-state index in [0.29, 0.717) is 0 Å². The summed E-state index contributed by atoms with van der Waals surface area (Å²) in [4.78, 5) is 13.3. The van der Waals surface area contributed by atoms with Crippen LogP contribution < -0.4 is 4.74 Å². The van der Waals surface area contributed by atoms with E-state index in [2.05, 4.69) is 16.1 Å². The minimum atomic E-state index is -0.442. The van der Waals surface area contributed by atoms with Gasteiger partial charge in [0, 0.05) is 36.0 Å². The van der Waals surface area contributed by atoms with Crippen molar-refractivity contribution in [1.82, 2.24) is 10.0 Å². The van der Waals surface area contributed by atoms with Crippen LogP contribution in [0.2, 0.25) is 0 Å². The van der Waals surface area contributed by atoms with E-state index in [0.717, 1.165) is 41.8 Å². The van der Waals surface area contributed by atoms with Crippen molar-refractivity contribution in [2.24, 2.45) is 0 Å². The number of rotatable bonds is 6. The zero-order valence-electron chi connectivity index (χ0n) is 14.5. The van der Waals surface area contributed by atoms with Gasteiger partial charge < -0.3 is 4.74 Å². The van der Waals surface area contributed by atoms with Crippen LogP contribution in [0.1, 0.15) is 26.2 Å². The number of ketones is 1. The van der Waals surface area contributed by atoms with E-state index in [1.807, 2.05) is 18.2 Å². The van der Waals surface area contributed by atoms with E-state index in [1.165, 1.54) is 19.3 Å². The second kappa shape index (κ2) is 8.13. The Labute approximate surface area is 153 Å². The molecule has 6 heteroatoms. The molecule has 1 aromatic carbocycles. The highest BCUT2D eigenvalue weighted by Gasteiger charge is 2.48. The number of thioether (sulfide) groups is 2. The number of nitrogens with zero attached hydrogens (tertiary/aromatic N) is 2. The molecule has 1 unspecified atom stereocenters. The number of ether oxygens (including phenoxy) is 1. The lowest BCUT2D eigenvalue weighted by molar-refractivity contribution is -0.134. The van der Waals surface area contributed by atoms with Gasteiger partial charge in [-0.2, -0.15) is 0 Å². The Morgan fingerprint density at radius 1 is 1.25 bits per heavy atom. The van der Waals surface area contributed by atoms with E-state index in [1.54, 1.807) is 37.6 Å². The first kappa shape index (κ1) is 18.1. The van der Waals surface area contributed by atoms with E-state index in [4.69, 9.17) is 4.74 Å². The number of carbonyl (C=O) groups is 1. The highest BCUT2D eigenvalue weighted by Crippen LogP contribution is 2.43. The monoisotopic (exact) mass is 366 g/mol. The number of hydrazine groups is 1. The first-order valence-corrected chi connectivity index (χ1v) is 10.6. The van der Waals surface area contributed by atoms with Crippen molar-refractivity contribution in [2.75, 3.05) is 38.2 Å². The van der Waals surface area contributed by atoms with Crippen LogP contribution in [0.3, 0.4) is 0 Å². The predicted octanol–water partition coefficient (Wildman–Crippen LogP) is 3.52. The van der Waals surface area contributed by atoms with Gasteiger partial charge in [0.1, 0.15) is 10.6 Å². The molecule has 0 radical (unpaired) electrons. The summed E-state index contributed by atoms with van der Waals surface area (Å²) in [5.41, 5.74) is 0. The topological polar surface area (TPSA) is 32.8 Å². The van der Waals surface area contributed by atoms with E-state index in [-0.39, 0.29) is 5.78 Å². The number of para-hydroxylation sites is 1. The number of hydrogen-bond acceptors (Lipinski definition) is 6. The molecule has 1 atom stereocenters. The molecule has 2 saturated heterocycles. The third-order valence-corrected chi connectivity index (χ3v) is 7.68. The van der Waals surface area contributed by atoms with Crippen molar-refractivity contribution in [3.8, 4) is 5.75 Å². The highest BCUT2D eigenvalue weighted by molar-refractivity contribution is 8.04. The molecular weight excluding hydrogens is 340 g/mol. The summed E-state index contributed by atoms with van der Waals surface area (Å²) in [6.45, 7) is 4.87. The SMILES string of the molecule is COc1ccccc1SCC1(C(C)=O)SCCN1N1CCCCC1. The minimum Gasteiger partial charge on any atom is -0.496 e. The van der Waals surface area contributed by atoms with Crippen LogP contribution in [0.25, 0.3) is 0 Å². The van der Waals surface area contributed by atoms with Gasteiger partial charge in [0.05, 0.1) is 7.11 Å². The number of Topliss-reactive ketones (excluding diaryl/α,β-unsaturated/α-hetero) is 1. The Bertz CT molecular complexity index is 578. The number of carbonyl (C=O) groups excluding carboxylic acids is 1. The zero-order chi connectivity index (χ0) is 17.0. The normalized spacial score (nSPS) is 25.8. The molecule has 2 aliphatic heterocycles. The lowest BCUT2D eigenvalue weighted by Crippen LogP contribution is -2.58. The Hall–Kier alpha value is -0.690. The van der Waals surface area contributed by atoms with Crippen LogP contribution in [0.15, 0.2) is 29.2 Å². The summed E-state index contributed by atoms with van der Waals surface area (Å²) in [5.74, 6) is 2.92. The largest absolute Gasteiger partial charge is 0.496 e. The lowest BCUT2D eigenvalue weighted by Gasteiger charge is -2.44. The molecule has 0 spiro atoms. The fourth-order valence-electron chi connectivity index (χ4n) is 3.46. The molecule has 0 aromatic heterocycles. The van der Waals surface area contributed by atoms with Crippen LogP contribution in [0.4, 0.5) is 0 Å². The molecule has 0 aliphatic carbocycles. The Kier molecular flexibility index (Phi) is 6.13. The molecule has 0 N–H and O–H groups in total. The van der Waals surface area contributed by atoms with Crippen molar-refractivity contribution in [1.29, 1.82) is 0 Å². The fourth-order valence-corrected chi connectivity index (χ4v) is 6.30. The summed E-state index contributed by atoms with van der Waals surface area (Å²) in [7, 11) is 1.70. The molecule has 2 fully saturated rings. The average molecular weight is 367 g/mol. The second-order valence-corrected chi connectivity index (χ2v) is 8.66. The fraction of sp³-hybridized carbons (Fsp3) is 0.611. The van der Waals surface area contributed by atoms with Crippen LogP contribution in [0.5, 0.6) is 5.75 Å². The molecule has 0 bridgehead atoms. The standard InChI is InChI=1S/C18H26N2O2S2/c1-15(21)18(14-23-17-9-5-4-8-16(17)22-2)20(12-13-24-18)19-10-6-3-7-11-19/h4-5,8-9H,3,6-7,10-14H2,1-2H3. The van der Waals surface area contributed by atoms with Gasteiger partial charge in [-0.25, -0.2) is 10.0 Å². The van der Waals surface area contributed by atoms with Gasteiger partial charge in [-0.1, -0.05) is 18.6 Å². The molecule has 24 heavy (non-hydrogen) atoms. The summed E-state index contributed by atoms with van der Waals surface area (Å²) >= 11 is 3.53. The van der Waals surface area contributed by atoms with Crippen LogP contribution in [-0.4, -0.2) is 58.9 Å². The maximum Gasteiger partial charge on any atom is 0.162 e. The van der Waals surface area contributed by atoms with Crippen molar-refractivity contribution in [3.63, 3.8) is 0 Å². The number of methoxy groups -OCH3 is 1. The Morgan fingerprint density at radius 2 is 2.00 bits per heavy atom. The molecule has 2 heterocycles. The summed E-state index contributed by atoms with van der Waals surface area (Å²) in [6, 6.07) is 8.05. The van der Waals surface area contributed by atoms with Gasteiger partial charge in [-0.15, -0.1) is 23.5 Å². The summed E-state index contributed by atoms with van der Waals surface area (Å²) in [5, 5.41) is 4.79. The average Bonchev–Trinajstić information content (AvgIpc) is 3.06. The summed E-state index contributed by atoms with van der Waals surface area (Å²) in [6.07, 6.45) is 3.77. The number of hydrogen-bond donors (Lipinski definition) is 0. The molecule has 4 nitrogen and oxygen atoms in total. The van der Waals surface area contributed by atoms with E-state index >= 15 is 0 Å².